The number of hydrogen-bond donors (Lipinski definition) is 1. The van der Waals surface area contributed by atoms with Crippen molar-refractivity contribution < 1.29 is 4.79 Å². The van der Waals surface area contributed by atoms with Gasteiger partial charge in [-0.25, -0.2) is 4.98 Å². The minimum Gasteiger partial charge on any atom is -0.325 e. The molecule has 1 aromatic carbocycles. The van der Waals surface area contributed by atoms with Crippen LogP contribution in [0, 0.1) is 0 Å². The maximum atomic E-state index is 12.3. The second-order valence-electron chi connectivity index (χ2n) is 5.98. The van der Waals surface area contributed by atoms with E-state index in [4.69, 9.17) is 0 Å². The number of aromatic nitrogens is 2. The molecule has 25 heavy (non-hydrogen) atoms. The third-order valence-corrected chi connectivity index (χ3v) is 5.69. The van der Waals surface area contributed by atoms with Crippen molar-refractivity contribution in [1.82, 2.24) is 9.55 Å². The lowest BCUT2D eigenvalue weighted by Gasteiger charge is -2.13. The molecule has 1 amide bonds. The molecule has 0 saturated heterocycles. The third-order valence-electron chi connectivity index (χ3n) is 3.85. The number of benzene rings is 1. The van der Waals surface area contributed by atoms with Crippen molar-refractivity contribution in [2.45, 2.75) is 24.9 Å². The fraction of sp³-hybridized carbons (Fsp3) is 0.278. The summed E-state index contributed by atoms with van der Waals surface area (Å²) in [6.07, 6.45) is 0. The molecule has 0 radical (unpaired) electrons. The Balaban J connectivity index is 1.73. The summed E-state index contributed by atoms with van der Waals surface area (Å²) >= 11 is 2.70. The van der Waals surface area contributed by atoms with Gasteiger partial charge in [0, 0.05) is 12.7 Å². The topological polar surface area (TPSA) is 64.0 Å². The molecule has 1 N–H and O–H groups in total. The number of nitrogens with zero attached hydrogens (tertiary/aromatic N) is 2. The Labute approximate surface area is 154 Å². The summed E-state index contributed by atoms with van der Waals surface area (Å²) < 4.78 is 1.50. The van der Waals surface area contributed by atoms with Gasteiger partial charge in [0.1, 0.15) is 4.83 Å². The molecule has 0 saturated carbocycles. The molecule has 0 atom stereocenters. The molecule has 2 heterocycles. The summed E-state index contributed by atoms with van der Waals surface area (Å²) in [7, 11) is 1.68. The number of amides is 1. The van der Waals surface area contributed by atoms with Crippen LogP contribution in [0.2, 0.25) is 0 Å². The van der Waals surface area contributed by atoms with Crippen molar-refractivity contribution in [3.8, 4) is 0 Å². The molecule has 0 aliphatic carbocycles. The van der Waals surface area contributed by atoms with Gasteiger partial charge in [0.2, 0.25) is 5.91 Å². The van der Waals surface area contributed by atoms with Gasteiger partial charge in [-0.1, -0.05) is 43.8 Å². The quantitative estimate of drug-likeness (QED) is 0.545. The zero-order valence-electron chi connectivity index (χ0n) is 14.3. The lowest BCUT2D eigenvalue weighted by molar-refractivity contribution is -0.113. The molecule has 130 valence electrons. The molecular formula is C18H19N3O2S2. The van der Waals surface area contributed by atoms with E-state index in [-0.39, 0.29) is 17.2 Å². The first-order valence-corrected chi connectivity index (χ1v) is 9.79. The molecule has 0 aliphatic heterocycles. The van der Waals surface area contributed by atoms with Crippen LogP contribution in [0.4, 0.5) is 5.69 Å². The number of anilines is 1. The second kappa shape index (κ2) is 7.41. The summed E-state index contributed by atoms with van der Waals surface area (Å²) in [4.78, 5) is 29.8. The SMILES string of the molecule is CC(C)c1ccccc1NC(=O)CSc1nc2sccc2c(=O)n1C. The summed E-state index contributed by atoms with van der Waals surface area (Å²) in [6, 6.07) is 9.58. The van der Waals surface area contributed by atoms with E-state index < -0.39 is 0 Å². The smallest absolute Gasteiger partial charge is 0.262 e. The van der Waals surface area contributed by atoms with Crippen molar-refractivity contribution in [3.63, 3.8) is 0 Å². The van der Waals surface area contributed by atoms with Crippen LogP contribution in [0.5, 0.6) is 0 Å². The van der Waals surface area contributed by atoms with E-state index in [2.05, 4.69) is 24.1 Å². The van der Waals surface area contributed by atoms with Crippen LogP contribution < -0.4 is 10.9 Å². The number of carbonyl (C=O) groups is 1. The monoisotopic (exact) mass is 373 g/mol. The zero-order valence-corrected chi connectivity index (χ0v) is 15.9. The highest BCUT2D eigenvalue weighted by Crippen LogP contribution is 2.24. The number of para-hydroxylation sites is 1. The minimum atomic E-state index is -0.112. The van der Waals surface area contributed by atoms with Gasteiger partial charge in [-0.3, -0.25) is 14.2 Å². The maximum Gasteiger partial charge on any atom is 0.262 e. The first kappa shape index (κ1) is 17.7. The Morgan fingerprint density at radius 3 is 2.84 bits per heavy atom. The number of fused-ring (bicyclic) bond motifs is 1. The molecule has 5 nitrogen and oxygen atoms in total. The molecule has 3 aromatic rings. The molecular weight excluding hydrogens is 354 g/mol. The molecule has 0 fully saturated rings. The molecule has 2 aromatic heterocycles. The Kier molecular flexibility index (Phi) is 5.24. The predicted octanol–water partition coefficient (Wildman–Crippen LogP) is 3.85. The maximum absolute atomic E-state index is 12.3. The van der Waals surface area contributed by atoms with Gasteiger partial charge in [0.25, 0.3) is 5.56 Å². The van der Waals surface area contributed by atoms with Crippen LogP contribution in [0.1, 0.15) is 25.3 Å². The van der Waals surface area contributed by atoms with Crippen molar-refractivity contribution in [3.05, 3.63) is 51.6 Å². The Bertz CT molecular complexity index is 976. The average Bonchev–Trinajstić information content (AvgIpc) is 3.05. The minimum absolute atomic E-state index is 0.0840. The molecule has 7 heteroatoms. The summed E-state index contributed by atoms with van der Waals surface area (Å²) in [5.74, 6) is 0.412. The summed E-state index contributed by atoms with van der Waals surface area (Å²) in [5, 5.41) is 5.97. The highest BCUT2D eigenvalue weighted by molar-refractivity contribution is 7.99. The van der Waals surface area contributed by atoms with E-state index >= 15 is 0 Å². The van der Waals surface area contributed by atoms with Gasteiger partial charge < -0.3 is 5.32 Å². The van der Waals surface area contributed by atoms with Gasteiger partial charge in [0.15, 0.2) is 5.16 Å². The van der Waals surface area contributed by atoms with Gasteiger partial charge >= 0.3 is 0 Å². The van der Waals surface area contributed by atoms with Crippen molar-refractivity contribution >= 4 is 44.9 Å². The predicted molar refractivity (Wildman–Crippen MR) is 105 cm³/mol. The van der Waals surface area contributed by atoms with Crippen LogP contribution in [-0.4, -0.2) is 21.2 Å². The Morgan fingerprint density at radius 1 is 1.32 bits per heavy atom. The van der Waals surface area contributed by atoms with Gasteiger partial charge in [-0.15, -0.1) is 11.3 Å². The third kappa shape index (κ3) is 3.77. The molecule has 0 spiro atoms. The van der Waals surface area contributed by atoms with E-state index in [0.717, 1.165) is 11.3 Å². The summed E-state index contributed by atoms with van der Waals surface area (Å²) in [5.41, 5.74) is 1.85. The van der Waals surface area contributed by atoms with Crippen molar-refractivity contribution in [2.75, 3.05) is 11.1 Å². The number of rotatable bonds is 5. The first-order chi connectivity index (χ1) is 12.0. The summed E-state index contributed by atoms with van der Waals surface area (Å²) in [6.45, 7) is 4.19. The van der Waals surface area contributed by atoms with E-state index in [1.165, 1.54) is 27.7 Å². The van der Waals surface area contributed by atoms with E-state index in [0.29, 0.717) is 21.3 Å². The van der Waals surface area contributed by atoms with Crippen LogP contribution >= 0.6 is 23.1 Å². The number of carbonyl (C=O) groups excluding carboxylic acids is 1. The molecule has 0 unspecified atom stereocenters. The lowest BCUT2D eigenvalue weighted by Crippen LogP contribution is -2.21. The molecule has 0 bridgehead atoms. The van der Waals surface area contributed by atoms with Gasteiger partial charge in [-0.05, 0) is 29.0 Å². The molecule has 3 rings (SSSR count). The number of thiophene rings is 1. The normalized spacial score (nSPS) is 11.2. The number of thioether (sulfide) groups is 1. The average molecular weight is 374 g/mol. The van der Waals surface area contributed by atoms with E-state index in [1.807, 2.05) is 29.6 Å². The highest BCUT2D eigenvalue weighted by atomic mass is 32.2. The van der Waals surface area contributed by atoms with Gasteiger partial charge in [-0.2, -0.15) is 0 Å². The first-order valence-electron chi connectivity index (χ1n) is 7.93. The largest absolute Gasteiger partial charge is 0.325 e. The highest BCUT2D eigenvalue weighted by Gasteiger charge is 2.13. The van der Waals surface area contributed by atoms with E-state index in [9.17, 15) is 9.59 Å². The van der Waals surface area contributed by atoms with E-state index in [1.54, 1.807) is 13.1 Å². The standard InChI is InChI=1S/C18H19N3O2S2/c1-11(2)12-6-4-5-7-14(12)19-15(22)10-25-18-20-16-13(8-9-24-16)17(23)21(18)3/h4-9,11H,10H2,1-3H3,(H,19,22). The Morgan fingerprint density at radius 2 is 2.08 bits per heavy atom. The number of nitrogens with one attached hydrogen (secondary N) is 1. The van der Waals surface area contributed by atoms with Crippen molar-refractivity contribution in [1.29, 1.82) is 0 Å². The zero-order chi connectivity index (χ0) is 18.0. The molecule has 0 aliphatic rings. The number of hydrogen-bond acceptors (Lipinski definition) is 5. The fourth-order valence-electron chi connectivity index (χ4n) is 2.54. The second-order valence-corrected chi connectivity index (χ2v) is 7.81. The lowest BCUT2D eigenvalue weighted by atomic mass is 10.0. The fourth-order valence-corrected chi connectivity index (χ4v) is 4.12. The van der Waals surface area contributed by atoms with Crippen LogP contribution in [0.3, 0.4) is 0 Å². The van der Waals surface area contributed by atoms with Crippen LogP contribution in [0.25, 0.3) is 10.2 Å². The van der Waals surface area contributed by atoms with Gasteiger partial charge in [0.05, 0.1) is 11.1 Å². The Hall–Kier alpha value is -2.12. The van der Waals surface area contributed by atoms with Crippen LogP contribution in [0.15, 0.2) is 45.7 Å². The van der Waals surface area contributed by atoms with Crippen LogP contribution in [-0.2, 0) is 11.8 Å². The van der Waals surface area contributed by atoms with Crippen molar-refractivity contribution in [2.24, 2.45) is 7.05 Å².